The molecule has 1 amide bonds. The summed E-state index contributed by atoms with van der Waals surface area (Å²) in [5, 5.41) is 10.9. The van der Waals surface area contributed by atoms with E-state index in [1.54, 1.807) is 21.9 Å². The summed E-state index contributed by atoms with van der Waals surface area (Å²) in [5.41, 5.74) is -0.110. The number of amides is 1. The van der Waals surface area contributed by atoms with Crippen LogP contribution in [0.1, 0.15) is 11.4 Å². The van der Waals surface area contributed by atoms with E-state index in [-0.39, 0.29) is 32.2 Å². The Morgan fingerprint density at radius 2 is 2.12 bits per heavy atom. The van der Waals surface area contributed by atoms with Gasteiger partial charge in [-0.15, -0.1) is 0 Å². The quantitative estimate of drug-likeness (QED) is 0.867. The molecule has 0 unspecified atom stereocenters. The van der Waals surface area contributed by atoms with E-state index in [4.69, 9.17) is 9.47 Å². The first-order valence-corrected chi connectivity index (χ1v) is 8.70. The zero-order valence-corrected chi connectivity index (χ0v) is 15.2. The highest BCUT2D eigenvalue weighted by Crippen LogP contribution is 2.18. The summed E-state index contributed by atoms with van der Waals surface area (Å²) >= 11 is 0. The molecule has 26 heavy (non-hydrogen) atoms. The molecule has 140 valence electrons. The molecular formula is C19H25N3O4. The molecule has 1 N–H and O–H groups in total. The maximum atomic E-state index is 12.6. The average molecular weight is 359 g/mol. The monoisotopic (exact) mass is 359 g/mol. The summed E-state index contributed by atoms with van der Waals surface area (Å²) in [5.74, 6) is 1.38. The van der Waals surface area contributed by atoms with Crippen LogP contribution in [-0.2, 0) is 16.1 Å². The molecule has 1 aromatic carbocycles. The summed E-state index contributed by atoms with van der Waals surface area (Å²) in [6, 6.07) is 7.63. The highest BCUT2D eigenvalue weighted by Gasteiger charge is 2.35. The Balaban J connectivity index is 1.62. The first kappa shape index (κ1) is 18.4. The number of aromatic nitrogens is 2. The normalized spacial score (nSPS) is 20.7. The maximum absolute atomic E-state index is 12.6. The Kier molecular flexibility index (Phi) is 5.58. The number of β-amino-alcohol motifs (C(OH)–C–C–N with tert-alkyl or cyclic N) is 1. The Bertz CT molecular complexity index is 743. The molecule has 1 aliphatic heterocycles. The van der Waals surface area contributed by atoms with Crippen molar-refractivity contribution < 1.29 is 19.4 Å². The van der Waals surface area contributed by atoms with Gasteiger partial charge in [0.25, 0.3) is 0 Å². The number of nitrogens with zero attached hydrogens (tertiary/aromatic N) is 3. The fraction of sp³-hybridized carbons (Fsp3) is 0.474. The van der Waals surface area contributed by atoms with Crippen LogP contribution in [0.2, 0.25) is 0 Å². The Morgan fingerprint density at radius 3 is 2.81 bits per heavy atom. The molecule has 0 bridgehead atoms. The molecule has 1 aliphatic rings. The van der Waals surface area contributed by atoms with Crippen LogP contribution in [0.15, 0.2) is 36.7 Å². The van der Waals surface area contributed by atoms with Gasteiger partial charge in [-0.25, -0.2) is 4.98 Å². The van der Waals surface area contributed by atoms with Gasteiger partial charge < -0.3 is 24.0 Å². The van der Waals surface area contributed by atoms with E-state index >= 15 is 0 Å². The number of carbonyl (C=O) groups is 1. The minimum absolute atomic E-state index is 0.0595. The highest BCUT2D eigenvalue weighted by molar-refractivity contribution is 5.76. The second kappa shape index (κ2) is 7.88. The Morgan fingerprint density at radius 1 is 1.35 bits per heavy atom. The number of imidazole rings is 1. The van der Waals surface area contributed by atoms with Crippen molar-refractivity contribution in [1.29, 1.82) is 0 Å². The van der Waals surface area contributed by atoms with Gasteiger partial charge >= 0.3 is 0 Å². The second-order valence-corrected chi connectivity index (χ2v) is 6.80. The van der Waals surface area contributed by atoms with Gasteiger partial charge in [0.2, 0.25) is 5.91 Å². The van der Waals surface area contributed by atoms with Crippen LogP contribution in [0, 0.1) is 13.8 Å². The molecule has 3 rings (SSSR count). The molecule has 0 aliphatic carbocycles. The molecule has 0 spiro atoms. The molecule has 1 fully saturated rings. The van der Waals surface area contributed by atoms with Crippen molar-refractivity contribution in [2.75, 3.05) is 32.9 Å². The van der Waals surface area contributed by atoms with E-state index in [0.29, 0.717) is 18.9 Å². The van der Waals surface area contributed by atoms with Crippen molar-refractivity contribution >= 4 is 5.91 Å². The highest BCUT2D eigenvalue weighted by atomic mass is 16.5. The largest absolute Gasteiger partial charge is 0.490 e. The molecule has 2 aromatic rings. The minimum Gasteiger partial charge on any atom is -0.490 e. The number of aryl methyl sites for hydroxylation is 2. The number of carbonyl (C=O) groups excluding carboxylic acids is 1. The standard InChI is InChI=1S/C19H25N3O4/c1-15-3-5-17(6-4-15)26-14-19(24)12-22(9-10-25-13-19)18(23)11-21-8-7-20-16(21)2/h3-8,24H,9-14H2,1-2H3/t19-/m0/s1. The van der Waals surface area contributed by atoms with Crippen LogP contribution in [0.3, 0.4) is 0 Å². The molecule has 1 saturated heterocycles. The summed E-state index contributed by atoms with van der Waals surface area (Å²) in [7, 11) is 0. The smallest absolute Gasteiger partial charge is 0.242 e. The van der Waals surface area contributed by atoms with E-state index in [1.165, 1.54) is 0 Å². The fourth-order valence-corrected chi connectivity index (χ4v) is 2.89. The minimum atomic E-state index is -1.25. The average Bonchev–Trinajstić information content (AvgIpc) is 2.90. The second-order valence-electron chi connectivity index (χ2n) is 6.80. The van der Waals surface area contributed by atoms with Crippen molar-refractivity contribution in [3.05, 3.63) is 48.0 Å². The third-order valence-electron chi connectivity index (χ3n) is 4.47. The van der Waals surface area contributed by atoms with E-state index in [0.717, 1.165) is 11.4 Å². The zero-order chi connectivity index (χ0) is 18.6. The van der Waals surface area contributed by atoms with Gasteiger partial charge in [-0.3, -0.25) is 4.79 Å². The predicted octanol–water partition coefficient (Wildman–Crippen LogP) is 1.17. The summed E-state index contributed by atoms with van der Waals surface area (Å²) in [6.07, 6.45) is 3.44. The van der Waals surface area contributed by atoms with Crippen LogP contribution in [0.4, 0.5) is 0 Å². The summed E-state index contributed by atoms with van der Waals surface area (Å²) in [6.45, 7) is 5.25. The van der Waals surface area contributed by atoms with Gasteiger partial charge in [0, 0.05) is 18.9 Å². The van der Waals surface area contributed by atoms with Crippen LogP contribution < -0.4 is 4.74 Å². The van der Waals surface area contributed by atoms with Crippen molar-refractivity contribution in [3.63, 3.8) is 0 Å². The van der Waals surface area contributed by atoms with E-state index in [9.17, 15) is 9.90 Å². The lowest BCUT2D eigenvalue weighted by Crippen LogP contribution is -2.50. The van der Waals surface area contributed by atoms with E-state index in [1.807, 2.05) is 38.1 Å². The Labute approximate surface area is 153 Å². The number of hydrogen-bond donors (Lipinski definition) is 1. The van der Waals surface area contributed by atoms with Gasteiger partial charge in [0.15, 0.2) is 0 Å². The van der Waals surface area contributed by atoms with Crippen LogP contribution in [0.5, 0.6) is 5.75 Å². The topological polar surface area (TPSA) is 76.8 Å². The Hall–Kier alpha value is -2.38. The lowest BCUT2D eigenvalue weighted by atomic mass is 10.1. The van der Waals surface area contributed by atoms with Gasteiger partial charge in [-0.1, -0.05) is 17.7 Å². The SMILES string of the molecule is Cc1ccc(OC[C@@]2(O)COCCN(C(=O)Cn3ccnc3C)C2)cc1. The summed E-state index contributed by atoms with van der Waals surface area (Å²) < 4.78 is 13.0. The van der Waals surface area contributed by atoms with Crippen LogP contribution in [-0.4, -0.2) is 64.0 Å². The third kappa shape index (κ3) is 4.62. The van der Waals surface area contributed by atoms with E-state index in [2.05, 4.69) is 4.98 Å². The van der Waals surface area contributed by atoms with Gasteiger partial charge in [0.05, 0.1) is 19.8 Å². The van der Waals surface area contributed by atoms with Crippen molar-refractivity contribution in [2.45, 2.75) is 26.0 Å². The van der Waals surface area contributed by atoms with Crippen LogP contribution in [0.25, 0.3) is 0 Å². The first-order valence-electron chi connectivity index (χ1n) is 8.70. The molecular weight excluding hydrogens is 334 g/mol. The third-order valence-corrected chi connectivity index (χ3v) is 4.47. The van der Waals surface area contributed by atoms with Crippen LogP contribution >= 0.6 is 0 Å². The van der Waals surface area contributed by atoms with E-state index < -0.39 is 5.60 Å². The zero-order valence-electron chi connectivity index (χ0n) is 15.2. The predicted molar refractivity (Wildman–Crippen MR) is 96.0 cm³/mol. The lowest BCUT2D eigenvalue weighted by molar-refractivity contribution is -0.135. The molecule has 1 atom stereocenters. The maximum Gasteiger partial charge on any atom is 0.242 e. The van der Waals surface area contributed by atoms with Gasteiger partial charge in [0.1, 0.15) is 30.3 Å². The number of rotatable bonds is 5. The lowest BCUT2D eigenvalue weighted by Gasteiger charge is -2.30. The molecule has 7 nitrogen and oxygen atoms in total. The number of aliphatic hydroxyl groups is 1. The van der Waals surface area contributed by atoms with Crippen molar-refractivity contribution in [1.82, 2.24) is 14.5 Å². The van der Waals surface area contributed by atoms with Crippen molar-refractivity contribution in [2.24, 2.45) is 0 Å². The first-order chi connectivity index (χ1) is 12.5. The molecule has 1 aromatic heterocycles. The molecule has 0 saturated carbocycles. The van der Waals surface area contributed by atoms with Gasteiger partial charge in [-0.05, 0) is 26.0 Å². The number of ether oxygens (including phenoxy) is 2. The van der Waals surface area contributed by atoms with Crippen molar-refractivity contribution in [3.8, 4) is 5.75 Å². The number of benzene rings is 1. The molecule has 0 radical (unpaired) electrons. The fourth-order valence-electron chi connectivity index (χ4n) is 2.89. The summed E-state index contributed by atoms with van der Waals surface area (Å²) in [4.78, 5) is 18.4. The number of hydrogen-bond acceptors (Lipinski definition) is 5. The molecule has 2 heterocycles. The molecule has 7 heteroatoms. The van der Waals surface area contributed by atoms with Gasteiger partial charge in [-0.2, -0.15) is 0 Å².